The van der Waals surface area contributed by atoms with Crippen molar-refractivity contribution in [3.8, 4) is 44.5 Å². The Morgan fingerprint density at radius 3 is 0.949 bits per heavy atom. The molecule has 15 aliphatic carbocycles. The third-order valence-electron chi connectivity index (χ3n) is 36.9. The number of thiophene rings is 1. The van der Waals surface area contributed by atoms with E-state index in [0.717, 1.165) is 98.6 Å². The van der Waals surface area contributed by atoms with E-state index in [0.29, 0.717) is 0 Å². The molecule has 5 heteroatoms. The molecule has 0 unspecified atom stereocenters. The van der Waals surface area contributed by atoms with E-state index in [4.69, 9.17) is 4.42 Å². The fourth-order valence-electron chi connectivity index (χ4n) is 32.5. The van der Waals surface area contributed by atoms with Gasteiger partial charge in [0.1, 0.15) is 11.2 Å². The molecule has 15 aliphatic rings. The van der Waals surface area contributed by atoms with Gasteiger partial charge in [0, 0.05) is 97.5 Å². The summed E-state index contributed by atoms with van der Waals surface area (Å²) in [7, 11) is 0. The third-order valence-corrected chi connectivity index (χ3v) is 38.0. The minimum Gasteiger partial charge on any atom is -0.456 e. The van der Waals surface area contributed by atoms with E-state index in [1.54, 1.807) is 33.4 Å². The fraction of sp³-hybridized carbons (Fsp3) is 0.227. The maximum atomic E-state index is 6.26. The molecule has 0 amide bonds. The fourth-order valence-corrected chi connectivity index (χ4v) is 33.6. The monoisotopic (exact) mass is 1780 g/mol. The van der Waals surface area contributed by atoms with Gasteiger partial charge in [0.05, 0.1) is 17.1 Å². The van der Waals surface area contributed by atoms with E-state index in [1.165, 1.54) is 239 Å². The van der Waals surface area contributed by atoms with Crippen molar-refractivity contribution >= 4 is 137 Å². The van der Waals surface area contributed by atoms with Crippen molar-refractivity contribution in [1.29, 1.82) is 0 Å². The molecule has 3 spiro atoms. The van der Waals surface area contributed by atoms with Crippen LogP contribution in [0.4, 0.5) is 51.2 Å². The Morgan fingerprint density at radius 1 is 0.197 bits per heavy atom. The standard InChI is InChI=1S/C44H35NO.C44H35NS.C44H37N/c2*1-2-10-34-29(8-1)9-7-14-41(34)45(33-17-19-43-38(26-33)36-12-4-6-15-42(36)46-43)32-16-18-40-37(25-32)35-11-3-5-13-39(35)44(40)30-21-27-20-28(23-30)24-31(44)22-27;1-2-10-31(11-3-1)33-14-8-15-36(27-33)45(43-19-9-13-32-12-4-5-16-38(32)43)37-20-21-42-40(28-37)39-17-6-7-18-41(39)44(42)34-23-29-22-30(25-34)26-35(44)24-29/h2*1-19,25-28,30-31H,20-24H2;1-21,27-30,34-35H,22-26H2. The molecule has 0 saturated heterocycles. The van der Waals surface area contributed by atoms with E-state index in [2.05, 4.69) is 403 Å². The van der Waals surface area contributed by atoms with Crippen molar-refractivity contribution in [2.75, 3.05) is 14.7 Å². The molecule has 0 aliphatic heterocycles. The first-order chi connectivity index (χ1) is 67.8. The minimum absolute atomic E-state index is 0.177. The molecule has 18 aromatic carbocycles. The Labute approximate surface area is 805 Å². The first-order valence-corrected chi connectivity index (χ1v) is 52.1. The van der Waals surface area contributed by atoms with Gasteiger partial charge in [-0.2, -0.15) is 0 Å². The van der Waals surface area contributed by atoms with Crippen LogP contribution in [0, 0.1) is 71.0 Å². The van der Waals surface area contributed by atoms with Gasteiger partial charge in [-0.3, -0.25) is 0 Å². The van der Waals surface area contributed by atoms with Crippen LogP contribution in [0.2, 0.25) is 0 Å². The van der Waals surface area contributed by atoms with Crippen LogP contribution in [0.15, 0.2) is 399 Å². The van der Waals surface area contributed by atoms with E-state index in [9.17, 15) is 0 Å². The Balaban J connectivity index is 0.0000000973. The van der Waals surface area contributed by atoms with Gasteiger partial charge in [0.25, 0.3) is 0 Å². The first kappa shape index (κ1) is 79.4. The second-order valence-electron chi connectivity index (χ2n) is 43.3. The molecule has 12 saturated carbocycles. The van der Waals surface area contributed by atoms with Crippen LogP contribution in [0.1, 0.15) is 130 Å². The number of benzene rings is 18. The molecule has 20 aromatic rings. The van der Waals surface area contributed by atoms with Crippen molar-refractivity contribution in [2.45, 2.75) is 113 Å². The zero-order valence-electron chi connectivity index (χ0n) is 77.2. The predicted octanol–water partition coefficient (Wildman–Crippen LogP) is 36.0. The van der Waals surface area contributed by atoms with E-state index < -0.39 is 0 Å². The molecule has 0 radical (unpaired) electrons. The van der Waals surface area contributed by atoms with E-state index >= 15 is 0 Å². The number of hydrogen-bond donors (Lipinski definition) is 0. The molecule has 12 bridgehead atoms. The van der Waals surface area contributed by atoms with Crippen molar-refractivity contribution in [2.24, 2.45) is 71.0 Å². The van der Waals surface area contributed by atoms with Crippen LogP contribution in [0.3, 0.4) is 0 Å². The van der Waals surface area contributed by atoms with Gasteiger partial charge in [0.15, 0.2) is 0 Å². The molecular formula is C132H107N3OS. The summed E-state index contributed by atoms with van der Waals surface area (Å²) in [5.41, 5.74) is 34.2. The average Bonchev–Trinajstić information content (AvgIpc) is 1.54. The first-order valence-electron chi connectivity index (χ1n) is 51.3. The van der Waals surface area contributed by atoms with Crippen LogP contribution < -0.4 is 14.7 Å². The summed E-state index contributed by atoms with van der Waals surface area (Å²) in [6, 6.07) is 148. The maximum absolute atomic E-state index is 6.26. The van der Waals surface area contributed by atoms with Crippen LogP contribution in [0.5, 0.6) is 0 Å². The SMILES string of the molecule is c1ccc(-c2cccc(N(c3ccc4c(c3)-c3ccccc3C43C4CC5CC(C4)CC3C5)c3cccc4ccccc34)c2)cc1.c1ccc2c(c1)-c1cc(N(c3ccc4oc5ccccc5c4c3)c3cccc4ccccc34)ccc1C21C2CC3CC(C2)CC1C3.c1ccc2c(c1)-c1cc(N(c3ccc4sc5ccccc5c4c3)c3cccc4ccccc34)ccc1C21C2CC3CC(C2)CC1C3. The van der Waals surface area contributed by atoms with Gasteiger partial charge in [-0.1, -0.05) is 279 Å². The van der Waals surface area contributed by atoms with E-state index in [1.807, 2.05) is 17.4 Å². The molecule has 0 N–H and O–H groups in total. The number of fused-ring (bicyclic) bond motifs is 18. The largest absolute Gasteiger partial charge is 0.456 e. The lowest BCUT2D eigenvalue weighted by atomic mass is 9.43. The lowest BCUT2D eigenvalue weighted by Gasteiger charge is -2.61. The molecular weight excluding hydrogens is 1680 g/mol. The normalized spacial score (nSPS) is 25.5. The quantitative estimate of drug-likeness (QED) is 0.136. The number of furan rings is 1. The molecule has 2 heterocycles. The zero-order chi connectivity index (χ0) is 89.5. The van der Waals surface area contributed by atoms with Gasteiger partial charge in [-0.15, -0.1) is 11.3 Å². The Morgan fingerprint density at radius 2 is 0.504 bits per heavy atom. The number of hydrogen-bond acceptors (Lipinski definition) is 5. The molecule has 137 heavy (non-hydrogen) atoms. The number of para-hydroxylation sites is 1. The van der Waals surface area contributed by atoms with Crippen LogP contribution >= 0.6 is 11.3 Å². The molecule has 4 nitrogen and oxygen atoms in total. The highest BCUT2D eigenvalue weighted by molar-refractivity contribution is 7.25. The molecule has 12 fully saturated rings. The Kier molecular flexibility index (Phi) is 17.7. The number of nitrogens with zero attached hydrogens (tertiary/aromatic N) is 3. The Bertz CT molecular complexity index is 7920. The summed E-state index contributed by atoms with van der Waals surface area (Å²) >= 11 is 1.89. The van der Waals surface area contributed by atoms with Crippen molar-refractivity contribution in [3.63, 3.8) is 0 Å². The molecule has 662 valence electrons. The third kappa shape index (κ3) is 11.8. The van der Waals surface area contributed by atoms with Crippen molar-refractivity contribution < 1.29 is 4.42 Å². The minimum atomic E-state index is 0.177. The summed E-state index contributed by atoms with van der Waals surface area (Å²) in [6.07, 6.45) is 21.4. The zero-order valence-corrected chi connectivity index (χ0v) is 78.0. The summed E-state index contributed by atoms with van der Waals surface area (Å²) in [6.45, 7) is 0. The second kappa shape index (κ2) is 30.6. The van der Waals surface area contributed by atoms with Crippen LogP contribution in [-0.4, -0.2) is 0 Å². The van der Waals surface area contributed by atoms with Gasteiger partial charge < -0.3 is 19.1 Å². The van der Waals surface area contributed by atoms with Crippen LogP contribution in [0.25, 0.3) is 119 Å². The van der Waals surface area contributed by atoms with Gasteiger partial charge in [-0.25, -0.2) is 0 Å². The van der Waals surface area contributed by atoms with Gasteiger partial charge in [0.2, 0.25) is 0 Å². The van der Waals surface area contributed by atoms with Gasteiger partial charge >= 0.3 is 0 Å². The number of anilines is 9. The summed E-state index contributed by atoms with van der Waals surface area (Å²) in [5.74, 6) is 10.3. The maximum Gasteiger partial charge on any atom is 0.135 e. The highest BCUT2D eigenvalue weighted by Crippen LogP contribution is 2.74. The molecule has 35 rings (SSSR count). The highest BCUT2D eigenvalue weighted by Gasteiger charge is 2.65. The summed E-state index contributed by atoms with van der Waals surface area (Å²) < 4.78 is 8.95. The topological polar surface area (TPSA) is 22.9 Å². The molecule has 2 aromatic heterocycles. The predicted molar refractivity (Wildman–Crippen MR) is 571 cm³/mol. The highest BCUT2D eigenvalue weighted by atomic mass is 32.1. The summed E-state index contributed by atoms with van der Waals surface area (Å²) in [4.78, 5) is 7.51. The average molecular weight is 1780 g/mol. The second-order valence-corrected chi connectivity index (χ2v) is 44.4. The van der Waals surface area contributed by atoms with Gasteiger partial charge in [-0.05, 0) is 377 Å². The van der Waals surface area contributed by atoms with Crippen molar-refractivity contribution in [1.82, 2.24) is 0 Å². The Hall–Kier alpha value is -13.8. The lowest BCUT2D eigenvalue weighted by Crippen LogP contribution is -2.55. The smallest absolute Gasteiger partial charge is 0.135 e. The van der Waals surface area contributed by atoms with Crippen LogP contribution in [-0.2, 0) is 16.2 Å². The lowest BCUT2D eigenvalue weighted by molar-refractivity contribution is -0.0399. The van der Waals surface area contributed by atoms with E-state index in [-0.39, 0.29) is 16.2 Å². The molecule has 0 atom stereocenters. The summed E-state index contributed by atoms with van der Waals surface area (Å²) in [5, 5.41) is 12.6. The number of rotatable bonds is 10. The van der Waals surface area contributed by atoms with Crippen molar-refractivity contribution in [3.05, 3.63) is 428 Å².